The largest absolute Gasteiger partial charge is 0.324 e. The molecule has 4 heteroatoms. The summed E-state index contributed by atoms with van der Waals surface area (Å²) < 4.78 is 19.4. The SMILES string of the molecule is CC1(C)O[PH](=O)O1. The maximum Gasteiger partial charge on any atom is 0.324 e. The number of rotatable bonds is 0. The second-order valence-electron chi connectivity index (χ2n) is 1.85. The molecule has 1 rings (SSSR count). The van der Waals surface area contributed by atoms with Crippen molar-refractivity contribution < 1.29 is 13.6 Å². The molecule has 0 amide bonds. The van der Waals surface area contributed by atoms with Crippen molar-refractivity contribution in [3.05, 3.63) is 0 Å². The molecule has 0 radical (unpaired) electrons. The lowest BCUT2D eigenvalue weighted by Crippen LogP contribution is -2.30. The zero-order valence-electron chi connectivity index (χ0n) is 4.22. The van der Waals surface area contributed by atoms with E-state index in [1.165, 1.54) is 0 Å². The van der Waals surface area contributed by atoms with Crippen LogP contribution in [0.2, 0.25) is 0 Å². The molecule has 0 atom stereocenters. The van der Waals surface area contributed by atoms with E-state index in [-0.39, 0.29) is 0 Å². The first-order valence-electron chi connectivity index (χ1n) is 2.02. The van der Waals surface area contributed by atoms with E-state index >= 15 is 0 Å². The molecule has 1 fully saturated rings. The molecule has 1 aliphatic heterocycles. The lowest BCUT2D eigenvalue weighted by atomic mass is 10.4. The van der Waals surface area contributed by atoms with Gasteiger partial charge in [-0.3, -0.25) is 13.6 Å². The Morgan fingerprint density at radius 1 is 1.43 bits per heavy atom. The van der Waals surface area contributed by atoms with Gasteiger partial charge in [0.05, 0.1) is 0 Å². The van der Waals surface area contributed by atoms with Crippen molar-refractivity contribution in [3.8, 4) is 0 Å². The monoisotopic (exact) mass is 122 g/mol. The quantitative estimate of drug-likeness (QED) is 0.452. The van der Waals surface area contributed by atoms with Crippen molar-refractivity contribution in [2.75, 3.05) is 0 Å². The molecule has 3 nitrogen and oxygen atoms in total. The Balaban J connectivity index is 2.43. The molecule has 1 heterocycles. The molecule has 0 saturated carbocycles. The normalized spacial score (nSPS) is 29.4. The first-order valence-corrected chi connectivity index (χ1v) is 3.25. The summed E-state index contributed by atoms with van der Waals surface area (Å²) in [7, 11) is -2.05. The van der Waals surface area contributed by atoms with E-state index < -0.39 is 14.0 Å². The summed E-state index contributed by atoms with van der Waals surface area (Å²) in [4.78, 5) is 0. The molecule has 0 bridgehead atoms. The summed E-state index contributed by atoms with van der Waals surface area (Å²) >= 11 is 0. The predicted octanol–water partition coefficient (Wildman–Crippen LogP) is 1.16. The highest BCUT2D eigenvalue weighted by Crippen LogP contribution is 2.46. The Morgan fingerprint density at radius 2 is 1.86 bits per heavy atom. The zero-order chi connectivity index (χ0) is 5.49. The molecule has 0 aromatic carbocycles. The second kappa shape index (κ2) is 1.31. The van der Waals surface area contributed by atoms with Crippen LogP contribution in [0.1, 0.15) is 13.8 Å². The van der Waals surface area contributed by atoms with Crippen LogP contribution in [0.3, 0.4) is 0 Å². The van der Waals surface area contributed by atoms with Gasteiger partial charge < -0.3 is 0 Å². The van der Waals surface area contributed by atoms with Gasteiger partial charge in [-0.25, -0.2) is 0 Å². The van der Waals surface area contributed by atoms with Gasteiger partial charge in [-0.15, -0.1) is 0 Å². The Labute approximate surface area is 42.6 Å². The molecule has 1 saturated heterocycles. The van der Waals surface area contributed by atoms with E-state index in [1.807, 2.05) is 0 Å². The third-order valence-electron chi connectivity index (χ3n) is 0.658. The molecule has 0 N–H and O–H groups in total. The second-order valence-corrected chi connectivity index (χ2v) is 2.76. The van der Waals surface area contributed by atoms with Gasteiger partial charge in [-0.2, -0.15) is 0 Å². The van der Waals surface area contributed by atoms with Gasteiger partial charge in [-0.05, 0) is 13.8 Å². The van der Waals surface area contributed by atoms with Gasteiger partial charge in [-0.1, -0.05) is 0 Å². The first kappa shape index (κ1) is 5.29. The summed E-state index contributed by atoms with van der Waals surface area (Å²) in [5, 5.41) is 0. The Bertz CT molecular complexity index is 98.7. The summed E-state index contributed by atoms with van der Waals surface area (Å²) in [5.41, 5.74) is 0. The highest BCUT2D eigenvalue weighted by Gasteiger charge is 2.34. The van der Waals surface area contributed by atoms with Crippen molar-refractivity contribution in [1.82, 2.24) is 0 Å². The molecule has 0 aromatic heterocycles. The van der Waals surface area contributed by atoms with Gasteiger partial charge in [0.15, 0.2) is 5.79 Å². The highest BCUT2D eigenvalue weighted by atomic mass is 31.1. The van der Waals surface area contributed by atoms with Crippen LogP contribution in [0.25, 0.3) is 0 Å². The minimum Gasteiger partial charge on any atom is -0.277 e. The fraction of sp³-hybridized carbons (Fsp3) is 1.00. The van der Waals surface area contributed by atoms with Gasteiger partial charge in [0.25, 0.3) is 0 Å². The minimum absolute atomic E-state index is 0.573. The van der Waals surface area contributed by atoms with E-state index in [2.05, 4.69) is 9.05 Å². The molecule has 0 aliphatic carbocycles. The van der Waals surface area contributed by atoms with Crippen molar-refractivity contribution in [3.63, 3.8) is 0 Å². The smallest absolute Gasteiger partial charge is 0.277 e. The van der Waals surface area contributed by atoms with Crippen LogP contribution >= 0.6 is 8.25 Å². The summed E-state index contributed by atoms with van der Waals surface area (Å²) in [6, 6.07) is 0. The van der Waals surface area contributed by atoms with E-state index in [9.17, 15) is 4.57 Å². The van der Waals surface area contributed by atoms with E-state index in [1.54, 1.807) is 13.8 Å². The summed E-state index contributed by atoms with van der Waals surface area (Å²) in [5.74, 6) is -0.573. The van der Waals surface area contributed by atoms with Crippen LogP contribution in [0.15, 0.2) is 0 Å². The van der Waals surface area contributed by atoms with Gasteiger partial charge in [0.1, 0.15) is 0 Å². The fourth-order valence-electron chi connectivity index (χ4n) is 0.409. The number of hydrogen-bond acceptors (Lipinski definition) is 3. The van der Waals surface area contributed by atoms with Crippen LogP contribution in [-0.2, 0) is 13.6 Å². The Hall–Kier alpha value is 0.150. The highest BCUT2D eigenvalue weighted by molar-refractivity contribution is 7.34. The van der Waals surface area contributed by atoms with Crippen molar-refractivity contribution in [1.29, 1.82) is 0 Å². The maximum absolute atomic E-state index is 10.1. The van der Waals surface area contributed by atoms with Gasteiger partial charge in [0, 0.05) is 0 Å². The molecule has 42 valence electrons. The predicted molar refractivity (Wildman–Crippen MR) is 25.3 cm³/mol. The average Bonchev–Trinajstić information content (AvgIpc) is 1.27. The third-order valence-corrected chi connectivity index (χ3v) is 1.97. The van der Waals surface area contributed by atoms with Crippen molar-refractivity contribution in [2.24, 2.45) is 0 Å². The molecule has 0 spiro atoms. The fourth-order valence-corrected chi connectivity index (χ4v) is 1.23. The minimum atomic E-state index is -2.05. The molecular weight excluding hydrogens is 115 g/mol. The summed E-state index contributed by atoms with van der Waals surface area (Å²) in [6.07, 6.45) is 0. The molecule has 7 heavy (non-hydrogen) atoms. The van der Waals surface area contributed by atoms with E-state index in [0.717, 1.165) is 0 Å². The Morgan fingerprint density at radius 3 is 1.86 bits per heavy atom. The average molecular weight is 122 g/mol. The standard InChI is InChI=1S/C3H7O3P/c1-3(2)5-7(4)6-3/h7H,1-2H3. The third kappa shape index (κ3) is 1.03. The summed E-state index contributed by atoms with van der Waals surface area (Å²) in [6.45, 7) is 3.44. The first-order chi connectivity index (χ1) is 3.10. The van der Waals surface area contributed by atoms with Crippen LogP contribution in [-0.4, -0.2) is 5.79 Å². The van der Waals surface area contributed by atoms with Crippen molar-refractivity contribution >= 4 is 8.25 Å². The van der Waals surface area contributed by atoms with Crippen LogP contribution < -0.4 is 0 Å². The van der Waals surface area contributed by atoms with Crippen molar-refractivity contribution in [2.45, 2.75) is 19.6 Å². The lowest BCUT2D eigenvalue weighted by molar-refractivity contribution is -0.157. The van der Waals surface area contributed by atoms with Crippen LogP contribution in [0.5, 0.6) is 0 Å². The molecular formula is C3H7O3P. The lowest BCUT2D eigenvalue weighted by Gasteiger charge is -2.32. The van der Waals surface area contributed by atoms with E-state index in [0.29, 0.717) is 0 Å². The number of hydrogen-bond donors (Lipinski definition) is 0. The molecule has 0 aromatic rings. The Kier molecular flexibility index (Phi) is 0.991. The maximum atomic E-state index is 10.1. The van der Waals surface area contributed by atoms with Crippen LogP contribution in [0, 0.1) is 0 Å². The van der Waals surface area contributed by atoms with Gasteiger partial charge in [0.2, 0.25) is 0 Å². The van der Waals surface area contributed by atoms with Gasteiger partial charge >= 0.3 is 8.25 Å². The topological polar surface area (TPSA) is 35.5 Å². The molecule has 1 aliphatic rings. The molecule has 0 unspecified atom stereocenters. The zero-order valence-corrected chi connectivity index (χ0v) is 5.22. The van der Waals surface area contributed by atoms with Crippen LogP contribution in [0.4, 0.5) is 0 Å². The van der Waals surface area contributed by atoms with E-state index in [4.69, 9.17) is 0 Å².